The minimum absolute atomic E-state index is 0.308. The summed E-state index contributed by atoms with van der Waals surface area (Å²) in [5.74, 6) is 0. The zero-order valence-corrected chi connectivity index (χ0v) is 12.1. The number of amides is 3. The highest BCUT2D eigenvalue weighted by atomic mass is 79.9. The van der Waals surface area contributed by atoms with Crippen molar-refractivity contribution in [1.82, 2.24) is 10.6 Å². The molecule has 0 aliphatic heterocycles. The van der Waals surface area contributed by atoms with Crippen LogP contribution in [0.25, 0.3) is 0 Å². The number of hydrogen-bond donors (Lipinski definition) is 3. The summed E-state index contributed by atoms with van der Waals surface area (Å²) in [6.07, 6.45) is -0.490. The first-order valence-corrected chi connectivity index (χ1v) is 6.62. The fraction of sp³-hybridized carbons (Fsp3) is 0.333. The molecule has 0 aliphatic carbocycles. The second-order valence-electron chi connectivity index (χ2n) is 3.51. The smallest absolute Gasteiger partial charge is 0.407 e. The van der Waals surface area contributed by atoms with Gasteiger partial charge in [0.05, 0.1) is 12.3 Å². The standard InChI is InChI=1S/C12H16BrN3O3/c1-2-19-12(18)15-8-7-14-11(17)16-10-6-4-3-5-9(10)13/h3-6H,2,7-8H2,1H3,(H,15,18)(H2,14,16,17). The summed E-state index contributed by atoms with van der Waals surface area (Å²) in [6.45, 7) is 2.67. The molecule has 0 aliphatic rings. The highest BCUT2D eigenvalue weighted by molar-refractivity contribution is 9.10. The van der Waals surface area contributed by atoms with Crippen molar-refractivity contribution in [3.05, 3.63) is 28.7 Å². The van der Waals surface area contributed by atoms with Crippen molar-refractivity contribution in [1.29, 1.82) is 0 Å². The monoisotopic (exact) mass is 329 g/mol. The van der Waals surface area contributed by atoms with Gasteiger partial charge >= 0.3 is 12.1 Å². The fourth-order valence-electron chi connectivity index (χ4n) is 1.25. The van der Waals surface area contributed by atoms with E-state index in [0.717, 1.165) is 4.47 Å². The lowest BCUT2D eigenvalue weighted by atomic mass is 10.3. The number of urea groups is 1. The van der Waals surface area contributed by atoms with E-state index in [1.54, 1.807) is 13.0 Å². The third-order valence-electron chi connectivity index (χ3n) is 2.08. The Labute approximate surface area is 120 Å². The lowest BCUT2D eigenvalue weighted by Crippen LogP contribution is -2.37. The Morgan fingerprint density at radius 2 is 1.89 bits per heavy atom. The minimum atomic E-state index is -0.490. The van der Waals surface area contributed by atoms with Gasteiger partial charge in [-0.3, -0.25) is 0 Å². The Balaban J connectivity index is 2.22. The number of hydrogen-bond acceptors (Lipinski definition) is 3. The van der Waals surface area contributed by atoms with Gasteiger partial charge in [-0.1, -0.05) is 12.1 Å². The second-order valence-corrected chi connectivity index (χ2v) is 4.36. The first-order chi connectivity index (χ1) is 9.13. The molecule has 19 heavy (non-hydrogen) atoms. The third-order valence-corrected chi connectivity index (χ3v) is 2.77. The lowest BCUT2D eigenvalue weighted by molar-refractivity contribution is 0.152. The largest absolute Gasteiger partial charge is 0.450 e. The summed E-state index contributed by atoms with van der Waals surface area (Å²) in [4.78, 5) is 22.5. The van der Waals surface area contributed by atoms with Crippen molar-refractivity contribution in [2.45, 2.75) is 6.92 Å². The summed E-state index contributed by atoms with van der Waals surface area (Å²) in [5, 5.41) is 7.80. The van der Waals surface area contributed by atoms with Crippen molar-refractivity contribution in [2.24, 2.45) is 0 Å². The van der Waals surface area contributed by atoms with Crippen LogP contribution in [0.2, 0.25) is 0 Å². The third kappa shape index (κ3) is 6.10. The molecule has 6 nitrogen and oxygen atoms in total. The zero-order chi connectivity index (χ0) is 14.1. The molecule has 0 radical (unpaired) electrons. The molecule has 7 heteroatoms. The molecule has 104 valence electrons. The van der Waals surface area contributed by atoms with Crippen LogP contribution in [0.15, 0.2) is 28.7 Å². The summed E-state index contributed by atoms with van der Waals surface area (Å²) in [5.41, 5.74) is 0.679. The van der Waals surface area contributed by atoms with E-state index >= 15 is 0 Å². The number of para-hydroxylation sites is 1. The molecule has 0 fully saturated rings. The van der Waals surface area contributed by atoms with Gasteiger partial charge in [0.25, 0.3) is 0 Å². The van der Waals surface area contributed by atoms with Gasteiger partial charge in [0, 0.05) is 17.6 Å². The first kappa shape index (κ1) is 15.3. The first-order valence-electron chi connectivity index (χ1n) is 5.83. The molecule has 0 bridgehead atoms. The Morgan fingerprint density at radius 1 is 1.21 bits per heavy atom. The molecule has 0 saturated heterocycles. The quantitative estimate of drug-likeness (QED) is 0.725. The number of ether oxygens (including phenoxy) is 1. The van der Waals surface area contributed by atoms with Crippen LogP contribution >= 0.6 is 15.9 Å². The van der Waals surface area contributed by atoms with Gasteiger partial charge in [0.1, 0.15) is 0 Å². The van der Waals surface area contributed by atoms with Crippen LogP contribution in [0.5, 0.6) is 0 Å². The summed E-state index contributed by atoms with van der Waals surface area (Å²) in [7, 11) is 0. The van der Waals surface area contributed by atoms with Gasteiger partial charge in [0.2, 0.25) is 0 Å². The van der Waals surface area contributed by atoms with Gasteiger partial charge in [-0.15, -0.1) is 0 Å². The number of nitrogens with one attached hydrogen (secondary N) is 3. The zero-order valence-electron chi connectivity index (χ0n) is 10.5. The van der Waals surface area contributed by atoms with Crippen LogP contribution in [0.4, 0.5) is 15.3 Å². The highest BCUT2D eigenvalue weighted by Crippen LogP contribution is 2.20. The highest BCUT2D eigenvalue weighted by Gasteiger charge is 2.04. The Kier molecular flexibility index (Phi) is 6.73. The van der Waals surface area contributed by atoms with E-state index in [1.807, 2.05) is 18.2 Å². The summed E-state index contributed by atoms with van der Waals surface area (Å²) in [6, 6.07) is 6.95. The van der Waals surface area contributed by atoms with E-state index < -0.39 is 6.09 Å². The van der Waals surface area contributed by atoms with Gasteiger partial charge < -0.3 is 20.7 Å². The Bertz CT molecular complexity index is 440. The van der Waals surface area contributed by atoms with E-state index in [4.69, 9.17) is 0 Å². The maximum atomic E-state index is 11.5. The molecule has 0 saturated carbocycles. The molecule has 0 unspecified atom stereocenters. The van der Waals surface area contributed by atoms with E-state index in [2.05, 4.69) is 36.6 Å². The molecule has 1 aromatic carbocycles. The van der Waals surface area contributed by atoms with Gasteiger partial charge in [-0.05, 0) is 35.0 Å². The SMILES string of the molecule is CCOC(=O)NCCNC(=O)Nc1ccccc1Br. The van der Waals surface area contributed by atoms with E-state index in [-0.39, 0.29) is 6.03 Å². The van der Waals surface area contributed by atoms with E-state index in [0.29, 0.717) is 25.4 Å². The molecule has 3 N–H and O–H groups in total. The molecule has 0 aromatic heterocycles. The van der Waals surface area contributed by atoms with Crippen LogP contribution in [-0.2, 0) is 4.74 Å². The maximum Gasteiger partial charge on any atom is 0.407 e. The maximum absolute atomic E-state index is 11.5. The van der Waals surface area contributed by atoms with E-state index in [1.165, 1.54) is 0 Å². The average Bonchev–Trinajstić information content (AvgIpc) is 2.38. The number of rotatable bonds is 5. The molecule has 3 amide bonds. The lowest BCUT2D eigenvalue weighted by Gasteiger charge is -2.09. The van der Waals surface area contributed by atoms with E-state index in [9.17, 15) is 9.59 Å². The minimum Gasteiger partial charge on any atom is -0.450 e. The van der Waals surface area contributed by atoms with Crippen molar-refractivity contribution >= 4 is 33.7 Å². The van der Waals surface area contributed by atoms with Gasteiger partial charge in [-0.25, -0.2) is 9.59 Å². The molecule has 1 rings (SSSR count). The molecule has 0 heterocycles. The van der Waals surface area contributed by atoms with Crippen molar-refractivity contribution in [3.8, 4) is 0 Å². The van der Waals surface area contributed by atoms with Crippen LogP contribution < -0.4 is 16.0 Å². The molecule has 1 aromatic rings. The summed E-state index contributed by atoms with van der Waals surface area (Å²) >= 11 is 3.33. The fourth-order valence-corrected chi connectivity index (χ4v) is 1.64. The second kappa shape index (κ2) is 8.36. The number of anilines is 1. The van der Waals surface area contributed by atoms with Gasteiger partial charge in [0.15, 0.2) is 0 Å². The van der Waals surface area contributed by atoms with Crippen LogP contribution in [0.1, 0.15) is 6.92 Å². The molecule has 0 spiro atoms. The van der Waals surface area contributed by atoms with Crippen molar-refractivity contribution in [3.63, 3.8) is 0 Å². The normalized spacial score (nSPS) is 9.58. The topological polar surface area (TPSA) is 79.5 Å². The van der Waals surface area contributed by atoms with Gasteiger partial charge in [-0.2, -0.15) is 0 Å². The average molecular weight is 330 g/mol. The van der Waals surface area contributed by atoms with Crippen LogP contribution in [0.3, 0.4) is 0 Å². The number of carbonyl (C=O) groups is 2. The molecule has 0 atom stereocenters. The predicted molar refractivity (Wildman–Crippen MR) is 76.2 cm³/mol. The molecular weight excluding hydrogens is 314 g/mol. The predicted octanol–water partition coefficient (Wildman–Crippen LogP) is 2.32. The molecular formula is C12H16BrN3O3. The van der Waals surface area contributed by atoms with Crippen LogP contribution in [-0.4, -0.2) is 31.8 Å². The van der Waals surface area contributed by atoms with Crippen LogP contribution in [0, 0.1) is 0 Å². The number of alkyl carbamates (subject to hydrolysis) is 1. The summed E-state index contributed by atoms with van der Waals surface area (Å²) < 4.78 is 5.48. The van der Waals surface area contributed by atoms with Crippen molar-refractivity contribution in [2.75, 3.05) is 25.0 Å². The number of carbonyl (C=O) groups excluding carboxylic acids is 2. The number of benzene rings is 1. The Hall–Kier alpha value is -1.76. The Morgan fingerprint density at radius 3 is 2.58 bits per heavy atom. The number of halogens is 1. The van der Waals surface area contributed by atoms with Crippen molar-refractivity contribution < 1.29 is 14.3 Å².